The number of rotatable bonds is 8. The smallest absolute Gasteiger partial charge is 0.223 e. The van der Waals surface area contributed by atoms with Crippen LogP contribution in [0.4, 0.5) is 0 Å². The monoisotopic (exact) mass is 240 g/mol. The zero-order chi connectivity index (χ0) is 12.5. The Kier molecular flexibility index (Phi) is 7.25. The van der Waals surface area contributed by atoms with E-state index in [1.54, 1.807) is 0 Å². The van der Waals surface area contributed by atoms with Crippen LogP contribution in [0.3, 0.4) is 0 Å². The molecule has 1 amide bonds. The minimum atomic E-state index is 0.228. The van der Waals surface area contributed by atoms with Gasteiger partial charge in [0.25, 0.3) is 0 Å². The quantitative estimate of drug-likeness (QED) is 0.684. The Morgan fingerprint density at radius 2 is 2.29 bits per heavy atom. The average molecular weight is 240 g/mol. The Balaban J connectivity index is 2.12. The highest BCUT2D eigenvalue weighted by atomic mass is 16.1. The minimum Gasteiger partial charge on any atom is -0.356 e. The summed E-state index contributed by atoms with van der Waals surface area (Å²) in [6, 6.07) is 0.631. The highest BCUT2D eigenvalue weighted by Gasteiger charge is 2.17. The number of amides is 1. The van der Waals surface area contributed by atoms with E-state index >= 15 is 0 Å². The molecule has 0 saturated carbocycles. The van der Waals surface area contributed by atoms with Gasteiger partial charge in [-0.2, -0.15) is 0 Å². The van der Waals surface area contributed by atoms with Gasteiger partial charge in [0.05, 0.1) is 0 Å². The molecule has 0 aromatic carbocycles. The molecular weight excluding hydrogens is 212 g/mol. The summed E-state index contributed by atoms with van der Waals surface area (Å²) in [6.45, 7) is 6.26. The molecule has 0 radical (unpaired) electrons. The molecule has 0 aromatic rings. The van der Waals surface area contributed by atoms with E-state index in [0.717, 1.165) is 38.8 Å². The molecular formula is C14H28N2O. The zero-order valence-corrected chi connectivity index (χ0v) is 11.4. The number of carbonyl (C=O) groups is 1. The summed E-state index contributed by atoms with van der Waals surface area (Å²) in [5.41, 5.74) is 0. The van der Waals surface area contributed by atoms with Gasteiger partial charge >= 0.3 is 0 Å². The van der Waals surface area contributed by atoms with E-state index in [2.05, 4.69) is 24.5 Å². The van der Waals surface area contributed by atoms with Gasteiger partial charge in [-0.3, -0.25) is 4.79 Å². The predicted molar refractivity (Wildman–Crippen MR) is 72.0 cm³/mol. The van der Waals surface area contributed by atoms with Gasteiger partial charge in [0.15, 0.2) is 0 Å². The van der Waals surface area contributed by atoms with E-state index < -0.39 is 0 Å². The van der Waals surface area contributed by atoms with Crippen LogP contribution in [0.5, 0.6) is 0 Å². The lowest BCUT2D eigenvalue weighted by Crippen LogP contribution is -2.34. The van der Waals surface area contributed by atoms with Crippen LogP contribution in [0, 0.1) is 5.92 Å². The second-order valence-electron chi connectivity index (χ2n) is 5.12. The van der Waals surface area contributed by atoms with E-state index in [1.165, 1.54) is 19.3 Å². The first-order valence-electron chi connectivity index (χ1n) is 7.29. The molecule has 1 aliphatic heterocycles. The van der Waals surface area contributed by atoms with E-state index in [9.17, 15) is 4.79 Å². The lowest BCUT2D eigenvalue weighted by molar-refractivity contribution is -0.125. The zero-order valence-electron chi connectivity index (χ0n) is 11.4. The molecule has 1 aliphatic rings. The van der Waals surface area contributed by atoms with E-state index in [0.29, 0.717) is 6.04 Å². The molecule has 0 bridgehead atoms. The maximum atomic E-state index is 11.9. The first-order chi connectivity index (χ1) is 8.27. The van der Waals surface area contributed by atoms with Crippen LogP contribution in [0.2, 0.25) is 0 Å². The van der Waals surface area contributed by atoms with Gasteiger partial charge in [-0.05, 0) is 38.6 Å². The van der Waals surface area contributed by atoms with E-state index in [-0.39, 0.29) is 11.8 Å². The Hall–Kier alpha value is -0.570. The Labute approximate surface area is 106 Å². The van der Waals surface area contributed by atoms with Crippen LogP contribution >= 0.6 is 0 Å². The molecule has 17 heavy (non-hydrogen) atoms. The van der Waals surface area contributed by atoms with Crippen LogP contribution < -0.4 is 10.6 Å². The molecule has 1 unspecified atom stereocenters. The summed E-state index contributed by atoms with van der Waals surface area (Å²) in [7, 11) is 0. The van der Waals surface area contributed by atoms with Crippen LogP contribution in [-0.4, -0.2) is 25.0 Å². The lowest BCUT2D eigenvalue weighted by Gasteiger charge is -2.16. The molecule has 1 saturated heterocycles. The molecule has 1 fully saturated rings. The lowest BCUT2D eigenvalue weighted by atomic mass is 9.98. The van der Waals surface area contributed by atoms with Crippen molar-refractivity contribution in [3.05, 3.63) is 0 Å². The van der Waals surface area contributed by atoms with Gasteiger partial charge in [-0.25, -0.2) is 0 Å². The molecule has 3 nitrogen and oxygen atoms in total. The third kappa shape index (κ3) is 5.53. The third-order valence-corrected chi connectivity index (χ3v) is 3.72. The predicted octanol–water partition coefficient (Wildman–Crippen LogP) is 2.46. The average Bonchev–Trinajstić information content (AvgIpc) is 2.83. The maximum absolute atomic E-state index is 11.9. The van der Waals surface area contributed by atoms with Crippen molar-refractivity contribution in [2.45, 2.75) is 64.8 Å². The first kappa shape index (κ1) is 14.5. The highest BCUT2D eigenvalue weighted by molar-refractivity contribution is 5.78. The van der Waals surface area contributed by atoms with Crippen molar-refractivity contribution in [1.82, 2.24) is 10.6 Å². The standard InChI is InChI=1S/C14H28N2O/c1-3-5-7-12(4-2)14(17)16-11-9-13-8-6-10-15-13/h12-13,15H,3-11H2,1-2H3,(H,16,17)/t12?,13-/m0/s1. The summed E-state index contributed by atoms with van der Waals surface area (Å²) in [4.78, 5) is 11.9. The topological polar surface area (TPSA) is 41.1 Å². The molecule has 3 heteroatoms. The Bertz CT molecular complexity index is 212. The summed E-state index contributed by atoms with van der Waals surface area (Å²) >= 11 is 0. The van der Waals surface area contributed by atoms with Crippen LogP contribution in [0.25, 0.3) is 0 Å². The maximum Gasteiger partial charge on any atom is 0.223 e. The molecule has 0 aromatic heterocycles. The van der Waals surface area contributed by atoms with E-state index in [1.807, 2.05) is 0 Å². The number of hydrogen-bond acceptors (Lipinski definition) is 2. The third-order valence-electron chi connectivity index (χ3n) is 3.72. The van der Waals surface area contributed by atoms with Crippen molar-refractivity contribution in [2.24, 2.45) is 5.92 Å². The Morgan fingerprint density at radius 3 is 2.88 bits per heavy atom. The number of nitrogens with one attached hydrogen (secondary N) is 2. The van der Waals surface area contributed by atoms with Crippen LogP contribution in [-0.2, 0) is 4.79 Å². The fraction of sp³-hybridized carbons (Fsp3) is 0.929. The summed E-state index contributed by atoms with van der Waals surface area (Å²) in [5, 5.41) is 6.55. The van der Waals surface area contributed by atoms with Gasteiger partial charge in [-0.1, -0.05) is 26.7 Å². The van der Waals surface area contributed by atoms with Crippen molar-refractivity contribution in [3.63, 3.8) is 0 Å². The Morgan fingerprint density at radius 1 is 1.47 bits per heavy atom. The second-order valence-corrected chi connectivity index (χ2v) is 5.12. The normalized spacial score (nSPS) is 21.4. The molecule has 1 heterocycles. The first-order valence-corrected chi connectivity index (χ1v) is 7.29. The fourth-order valence-electron chi connectivity index (χ4n) is 2.49. The van der Waals surface area contributed by atoms with Crippen molar-refractivity contribution in [3.8, 4) is 0 Å². The molecule has 1 rings (SSSR count). The van der Waals surface area contributed by atoms with Crippen molar-refractivity contribution >= 4 is 5.91 Å². The van der Waals surface area contributed by atoms with Gasteiger partial charge in [0.1, 0.15) is 0 Å². The molecule has 2 N–H and O–H groups in total. The molecule has 0 aliphatic carbocycles. The van der Waals surface area contributed by atoms with E-state index in [4.69, 9.17) is 0 Å². The van der Waals surface area contributed by atoms with Crippen molar-refractivity contribution in [2.75, 3.05) is 13.1 Å². The number of unbranched alkanes of at least 4 members (excludes halogenated alkanes) is 1. The largest absolute Gasteiger partial charge is 0.356 e. The van der Waals surface area contributed by atoms with Crippen molar-refractivity contribution in [1.29, 1.82) is 0 Å². The van der Waals surface area contributed by atoms with Gasteiger partial charge in [0, 0.05) is 18.5 Å². The SMILES string of the molecule is CCCCC(CC)C(=O)NCC[C@@H]1CCCN1. The van der Waals surface area contributed by atoms with Crippen LogP contribution in [0.1, 0.15) is 58.8 Å². The van der Waals surface area contributed by atoms with Gasteiger partial charge < -0.3 is 10.6 Å². The number of carbonyl (C=O) groups excluding carboxylic acids is 1. The highest BCUT2D eigenvalue weighted by Crippen LogP contribution is 2.13. The fourth-order valence-corrected chi connectivity index (χ4v) is 2.49. The molecule has 0 spiro atoms. The number of hydrogen-bond donors (Lipinski definition) is 2. The summed E-state index contributed by atoms with van der Waals surface area (Å²) in [5.74, 6) is 0.491. The molecule has 2 atom stereocenters. The minimum absolute atomic E-state index is 0.228. The molecule has 100 valence electrons. The summed E-state index contributed by atoms with van der Waals surface area (Å²) < 4.78 is 0. The van der Waals surface area contributed by atoms with Gasteiger partial charge in [0.2, 0.25) is 5.91 Å². The summed E-state index contributed by atoms with van der Waals surface area (Å²) in [6.07, 6.45) is 7.98. The van der Waals surface area contributed by atoms with Crippen LogP contribution in [0.15, 0.2) is 0 Å². The van der Waals surface area contributed by atoms with Gasteiger partial charge in [-0.15, -0.1) is 0 Å². The second kappa shape index (κ2) is 8.51. The van der Waals surface area contributed by atoms with Crippen molar-refractivity contribution < 1.29 is 4.79 Å².